The van der Waals surface area contributed by atoms with E-state index in [0.29, 0.717) is 5.92 Å². The van der Waals surface area contributed by atoms with Gasteiger partial charge in [-0.3, -0.25) is 0 Å². The number of hydrogen-bond donors (Lipinski definition) is 0. The van der Waals surface area contributed by atoms with E-state index in [1.54, 1.807) is 12.2 Å². The third kappa shape index (κ3) is 2.85. The first-order valence-electron chi connectivity index (χ1n) is 6.21. The standard InChI is InChI=1S/C14H12.C4H6.CH4/c1-10-11-6-2-4-8-13(11)14-9-5-3-7-12(10)14;1-3-4-2;/h2-10H,1H3;3-4H,1-2H2;1H4. The van der Waals surface area contributed by atoms with E-state index in [9.17, 15) is 0 Å². The second-order valence-corrected chi connectivity index (χ2v) is 4.37. The minimum atomic E-state index is 0. The highest BCUT2D eigenvalue weighted by molar-refractivity contribution is 5.78. The molecule has 0 bridgehead atoms. The van der Waals surface area contributed by atoms with E-state index >= 15 is 0 Å². The van der Waals surface area contributed by atoms with Gasteiger partial charge in [0.1, 0.15) is 0 Å². The van der Waals surface area contributed by atoms with Gasteiger partial charge in [-0.05, 0) is 22.3 Å². The molecule has 19 heavy (non-hydrogen) atoms. The number of benzene rings is 2. The molecule has 0 nitrogen and oxygen atoms in total. The Balaban J connectivity index is 0.000000323. The summed E-state index contributed by atoms with van der Waals surface area (Å²) in [6.07, 6.45) is 3.28. The molecule has 0 radical (unpaired) electrons. The average Bonchev–Trinajstić information content (AvgIpc) is 2.74. The maximum Gasteiger partial charge on any atom is 0.00733 e. The van der Waals surface area contributed by atoms with Gasteiger partial charge in [-0.25, -0.2) is 0 Å². The Kier molecular flexibility index (Phi) is 5.32. The van der Waals surface area contributed by atoms with E-state index < -0.39 is 0 Å². The second-order valence-electron chi connectivity index (χ2n) is 4.37. The average molecular weight is 250 g/mol. The molecule has 0 saturated carbocycles. The van der Waals surface area contributed by atoms with Gasteiger partial charge in [-0.2, -0.15) is 0 Å². The summed E-state index contributed by atoms with van der Waals surface area (Å²) in [6, 6.07) is 17.4. The summed E-state index contributed by atoms with van der Waals surface area (Å²) in [5.41, 5.74) is 5.76. The largest absolute Gasteiger partial charge is 0.0991 e. The molecule has 0 saturated heterocycles. The van der Waals surface area contributed by atoms with Crippen molar-refractivity contribution in [1.82, 2.24) is 0 Å². The minimum Gasteiger partial charge on any atom is -0.0991 e. The van der Waals surface area contributed by atoms with Crippen LogP contribution in [-0.2, 0) is 0 Å². The van der Waals surface area contributed by atoms with Crippen LogP contribution in [0.5, 0.6) is 0 Å². The van der Waals surface area contributed by atoms with Crippen LogP contribution in [-0.4, -0.2) is 0 Å². The molecule has 0 fully saturated rings. The smallest absolute Gasteiger partial charge is 0.00733 e. The van der Waals surface area contributed by atoms with Gasteiger partial charge in [0.05, 0.1) is 0 Å². The van der Waals surface area contributed by atoms with E-state index in [2.05, 4.69) is 68.6 Å². The number of allylic oxidation sites excluding steroid dienone is 2. The highest BCUT2D eigenvalue weighted by atomic mass is 14.3. The fraction of sp³-hybridized carbons (Fsp3) is 0.158. The van der Waals surface area contributed by atoms with Crippen molar-refractivity contribution in [1.29, 1.82) is 0 Å². The van der Waals surface area contributed by atoms with E-state index in [1.807, 2.05) is 0 Å². The van der Waals surface area contributed by atoms with Gasteiger partial charge in [0.2, 0.25) is 0 Å². The Morgan fingerprint density at radius 1 is 0.789 bits per heavy atom. The molecule has 0 atom stereocenters. The monoisotopic (exact) mass is 250 g/mol. The van der Waals surface area contributed by atoms with Crippen LogP contribution in [0.15, 0.2) is 73.8 Å². The Morgan fingerprint density at radius 2 is 1.16 bits per heavy atom. The zero-order chi connectivity index (χ0) is 13.0. The molecule has 2 aromatic rings. The molecule has 3 rings (SSSR count). The topological polar surface area (TPSA) is 0 Å². The molecule has 0 aliphatic heterocycles. The zero-order valence-corrected chi connectivity index (χ0v) is 10.8. The molecule has 0 unspecified atom stereocenters. The van der Waals surface area contributed by atoms with Gasteiger partial charge in [-0.1, -0.05) is 88.2 Å². The molecule has 0 heterocycles. The van der Waals surface area contributed by atoms with Gasteiger partial charge in [0.25, 0.3) is 0 Å². The van der Waals surface area contributed by atoms with Crippen molar-refractivity contribution >= 4 is 0 Å². The molecule has 0 heteroatoms. The minimum absolute atomic E-state index is 0. The Morgan fingerprint density at radius 3 is 1.53 bits per heavy atom. The summed E-state index contributed by atoms with van der Waals surface area (Å²) in [6.45, 7) is 9.00. The van der Waals surface area contributed by atoms with Crippen LogP contribution in [0, 0.1) is 0 Å². The van der Waals surface area contributed by atoms with E-state index in [0.717, 1.165) is 0 Å². The van der Waals surface area contributed by atoms with Crippen LogP contribution in [0.1, 0.15) is 31.4 Å². The lowest BCUT2D eigenvalue weighted by atomic mass is 10.00. The fourth-order valence-electron chi connectivity index (χ4n) is 2.41. The van der Waals surface area contributed by atoms with Crippen LogP contribution in [0.4, 0.5) is 0 Å². The van der Waals surface area contributed by atoms with E-state index in [4.69, 9.17) is 0 Å². The molecule has 1 aliphatic rings. The third-order valence-corrected chi connectivity index (χ3v) is 3.31. The summed E-state index contributed by atoms with van der Waals surface area (Å²) >= 11 is 0. The summed E-state index contributed by atoms with van der Waals surface area (Å²) in [5.74, 6) is 0.558. The lowest BCUT2D eigenvalue weighted by Gasteiger charge is -2.04. The maximum atomic E-state index is 3.36. The van der Waals surface area contributed by atoms with Crippen molar-refractivity contribution in [3.63, 3.8) is 0 Å². The quantitative estimate of drug-likeness (QED) is 0.560. The van der Waals surface area contributed by atoms with Crippen molar-refractivity contribution in [2.24, 2.45) is 0 Å². The van der Waals surface area contributed by atoms with Gasteiger partial charge in [0.15, 0.2) is 0 Å². The molecule has 1 aliphatic carbocycles. The molecule has 98 valence electrons. The summed E-state index contributed by atoms with van der Waals surface area (Å²) < 4.78 is 0. The molecule has 0 amide bonds. The highest BCUT2D eigenvalue weighted by Gasteiger charge is 2.23. The predicted molar refractivity (Wildman–Crippen MR) is 86.5 cm³/mol. The lowest BCUT2D eigenvalue weighted by molar-refractivity contribution is 0.957. The molecule has 0 aromatic heterocycles. The SMILES string of the molecule is C.C=CC=C.CC1c2ccccc2-c2ccccc21. The number of fused-ring (bicyclic) bond motifs is 3. The Hall–Kier alpha value is -2.08. The lowest BCUT2D eigenvalue weighted by Crippen LogP contribution is -1.87. The van der Waals surface area contributed by atoms with Crippen molar-refractivity contribution in [2.75, 3.05) is 0 Å². The molecular weight excluding hydrogens is 228 g/mol. The molecule has 2 aromatic carbocycles. The van der Waals surface area contributed by atoms with Crippen molar-refractivity contribution in [3.05, 3.63) is 85.0 Å². The zero-order valence-electron chi connectivity index (χ0n) is 10.8. The third-order valence-electron chi connectivity index (χ3n) is 3.31. The second kappa shape index (κ2) is 6.75. The van der Waals surface area contributed by atoms with E-state index in [1.165, 1.54) is 22.3 Å². The van der Waals surface area contributed by atoms with Crippen molar-refractivity contribution < 1.29 is 0 Å². The summed E-state index contributed by atoms with van der Waals surface area (Å²) in [4.78, 5) is 0. The predicted octanol–water partition coefficient (Wildman–Crippen LogP) is 5.81. The first-order valence-corrected chi connectivity index (χ1v) is 6.21. The Bertz CT molecular complexity index is 512. The van der Waals surface area contributed by atoms with Crippen LogP contribution in [0.3, 0.4) is 0 Å². The number of rotatable bonds is 1. The van der Waals surface area contributed by atoms with Gasteiger partial charge in [-0.15, -0.1) is 0 Å². The van der Waals surface area contributed by atoms with Gasteiger partial charge in [0, 0.05) is 5.92 Å². The number of hydrogen-bond acceptors (Lipinski definition) is 0. The molecule has 0 N–H and O–H groups in total. The van der Waals surface area contributed by atoms with Crippen molar-refractivity contribution in [2.45, 2.75) is 20.3 Å². The van der Waals surface area contributed by atoms with Crippen LogP contribution < -0.4 is 0 Å². The van der Waals surface area contributed by atoms with Gasteiger partial charge < -0.3 is 0 Å². The van der Waals surface area contributed by atoms with Crippen molar-refractivity contribution in [3.8, 4) is 11.1 Å². The maximum absolute atomic E-state index is 3.36. The molecule has 0 spiro atoms. The summed E-state index contributed by atoms with van der Waals surface area (Å²) in [5, 5.41) is 0. The normalized spacial score (nSPS) is 11.2. The summed E-state index contributed by atoms with van der Waals surface area (Å²) in [7, 11) is 0. The first-order chi connectivity index (χ1) is 8.79. The van der Waals surface area contributed by atoms with E-state index in [-0.39, 0.29) is 7.43 Å². The van der Waals surface area contributed by atoms with Crippen LogP contribution in [0.2, 0.25) is 0 Å². The Labute approximate surface area is 117 Å². The highest BCUT2D eigenvalue weighted by Crippen LogP contribution is 2.43. The van der Waals surface area contributed by atoms with Crippen LogP contribution in [0.25, 0.3) is 11.1 Å². The van der Waals surface area contributed by atoms with Crippen LogP contribution >= 0.6 is 0 Å². The first kappa shape index (κ1) is 15.0. The fourth-order valence-corrected chi connectivity index (χ4v) is 2.41. The molecular formula is C19H22. The van der Waals surface area contributed by atoms with Gasteiger partial charge >= 0.3 is 0 Å².